The number of carbonyl (C=O) groups is 1. The molecule has 1 rings (SSSR count). The third-order valence-corrected chi connectivity index (χ3v) is 3.26. The van der Waals surface area contributed by atoms with E-state index in [0.717, 1.165) is 38.1 Å². The first kappa shape index (κ1) is 11.9. The predicted molar refractivity (Wildman–Crippen MR) is 61.4 cm³/mol. The van der Waals surface area contributed by atoms with Gasteiger partial charge >= 0.3 is 0 Å². The molecule has 0 aromatic rings. The zero-order valence-electron chi connectivity index (χ0n) is 8.87. The highest BCUT2D eigenvalue weighted by Gasteiger charge is 2.21. The van der Waals surface area contributed by atoms with E-state index < -0.39 is 0 Å². The second-order valence-electron chi connectivity index (χ2n) is 3.77. The Morgan fingerprint density at radius 1 is 1.43 bits per heavy atom. The molecule has 0 spiro atoms. The van der Waals surface area contributed by atoms with Crippen LogP contribution in [-0.2, 0) is 4.79 Å². The van der Waals surface area contributed by atoms with Crippen molar-refractivity contribution in [2.75, 3.05) is 25.1 Å². The number of carbonyl (C=O) groups excluding carboxylic acids is 1. The molecular weight excluding hydrogens is 196 g/mol. The fourth-order valence-electron chi connectivity index (χ4n) is 1.72. The molecule has 1 atom stereocenters. The highest BCUT2D eigenvalue weighted by atomic mass is 32.2. The highest BCUT2D eigenvalue weighted by molar-refractivity contribution is 7.98. The fourth-order valence-corrected chi connectivity index (χ4v) is 2.21. The third-order valence-electron chi connectivity index (χ3n) is 2.62. The van der Waals surface area contributed by atoms with Crippen molar-refractivity contribution in [3.05, 3.63) is 0 Å². The molecule has 0 unspecified atom stereocenters. The summed E-state index contributed by atoms with van der Waals surface area (Å²) in [6, 6.07) is -0.277. The molecule has 82 valence electrons. The topological polar surface area (TPSA) is 46.3 Å². The summed E-state index contributed by atoms with van der Waals surface area (Å²) in [5.41, 5.74) is 5.83. The summed E-state index contributed by atoms with van der Waals surface area (Å²) in [6.45, 7) is 1.82. The van der Waals surface area contributed by atoms with E-state index in [1.54, 1.807) is 11.8 Å². The number of amides is 1. The van der Waals surface area contributed by atoms with Gasteiger partial charge in [0.1, 0.15) is 0 Å². The number of thioether (sulfide) groups is 1. The van der Waals surface area contributed by atoms with Crippen molar-refractivity contribution in [3.8, 4) is 0 Å². The van der Waals surface area contributed by atoms with Crippen molar-refractivity contribution in [1.82, 2.24) is 4.90 Å². The maximum absolute atomic E-state index is 11.8. The summed E-state index contributed by atoms with van der Waals surface area (Å²) in [5.74, 6) is 1.12. The Morgan fingerprint density at radius 3 is 2.64 bits per heavy atom. The van der Waals surface area contributed by atoms with Gasteiger partial charge < -0.3 is 10.6 Å². The van der Waals surface area contributed by atoms with Crippen molar-refractivity contribution >= 4 is 17.7 Å². The Balaban J connectivity index is 2.30. The van der Waals surface area contributed by atoms with E-state index in [1.165, 1.54) is 6.42 Å². The zero-order valence-corrected chi connectivity index (χ0v) is 9.68. The van der Waals surface area contributed by atoms with Crippen LogP contribution in [0.5, 0.6) is 0 Å². The lowest BCUT2D eigenvalue weighted by Crippen LogP contribution is -2.46. The van der Waals surface area contributed by atoms with Crippen LogP contribution < -0.4 is 5.73 Å². The Hall–Kier alpha value is -0.220. The first-order valence-electron chi connectivity index (χ1n) is 5.29. The van der Waals surface area contributed by atoms with Crippen LogP contribution in [0.15, 0.2) is 0 Å². The van der Waals surface area contributed by atoms with E-state index in [4.69, 9.17) is 5.73 Å². The molecule has 0 radical (unpaired) electrons. The minimum absolute atomic E-state index is 0.152. The van der Waals surface area contributed by atoms with E-state index in [2.05, 4.69) is 0 Å². The van der Waals surface area contributed by atoms with E-state index in [9.17, 15) is 4.79 Å². The molecule has 1 aliphatic heterocycles. The van der Waals surface area contributed by atoms with Gasteiger partial charge in [-0.2, -0.15) is 11.8 Å². The van der Waals surface area contributed by atoms with Gasteiger partial charge in [0.2, 0.25) is 5.91 Å². The van der Waals surface area contributed by atoms with Gasteiger partial charge in [0.25, 0.3) is 0 Å². The maximum atomic E-state index is 11.8. The van der Waals surface area contributed by atoms with Crippen LogP contribution in [-0.4, -0.2) is 41.9 Å². The first-order valence-corrected chi connectivity index (χ1v) is 6.68. The van der Waals surface area contributed by atoms with Crippen LogP contribution >= 0.6 is 11.8 Å². The van der Waals surface area contributed by atoms with Crippen LogP contribution in [0.3, 0.4) is 0 Å². The lowest BCUT2D eigenvalue weighted by molar-refractivity contribution is -0.133. The van der Waals surface area contributed by atoms with Crippen LogP contribution in [0.2, 0.25) is 0 Å². The van der Waals surface area contributed by atoms with Crippen molar-refractivity contribution < 1.29 is 4.79 Å². The second kappa shape index (κ2) is 6.30. The minimum Gasteiger partial charge on any atom is -0.341 e. The molecule has 14 heavy (non-hydrogen) atoms. The Bertz CT molecular complexity index is 181. The molecule has 0 bridgehead atoms. The van der Waals surface area contributed by atoms with Gasteiger partial charge in [0.15, 0.2) is 0 Å². The Morgan fingerprint density at radius 2 is 2.07 bits per heavy atom. The summed E-state index contributed by atoms with van der Waals surface area (Å²) in [5, 5.41) is 0. The monoisotopic (exact) mass is 216 g/mol. The molecule has 3 nitrogen and oxygen atoms in total. The molecule has 1 fully saturated rings. The molecule has 2 N–H and O–H groups in total. The zero-order chi connectivity index (χ0) is 10.4. The molecule has 0 saturated carbocycles. The third kappa shape index (κ3) is 3.50. The molecule has 0 aliphatic carbocycles. The number of hydrogen-bond donors (Lipinski definition) is 1. The van der Waals surface area contributed by atoms with Gasteiger partial charge in [-0.1, -0.05) is 0 Å². The summed E-state index contributed by atoms with van der Waals surface area (Å²) in [4.78, 5) is 13.7. The average molecular weight is 216 g/mol. The van der Waals surface area contributed by atoms with E-state index in [0.29, 0.717) is 0 Å². The molecular formula is C10H20N2OS. The van der Waals surface area contributed by atoms with Crippen molar-refractivity contribution in [3.63, 3.8) is 0 Å². The molecule has 4 heteroatoms. The smallest absolute Gasteiger partial charge is 0.239 e. The minimum atomic E-state index is -0.277. The number of rotatable bonds is 4. The molecule has 1 amide bonds. The van der Waals surface area contributed by atoms with Crippen molar-refractivity contribution in [2.45, 2.75) is 31.7 Å². The van der Waals surface area contributed by atoms with E-state index in [1.807, 2.05) is 11.2 Å². The van der Waals surface area contributed by atoms with Crippen LogP contribution in [0.25, 0.3) is 0 Å². The van der Waals surface area contributed by atoms with Crippen molar-refractivity contribution in [2.24, 2.45) is 5.73 Å². The SMILES string of the molecule is CSCC[C@@H](N)C(=O)N1CCCCC1. The number of hydrogen-bond acceptors (Lipinski definition) is 3. The van der Waals surface area contributed by atoms with Crippen LogP contribution in [0.4, 0.5) is 0 Å². The average Bonchev–Trinajstić information content (AvgIpc) is 2.26. The predicted octanol–water partition coefficient (Wildman–Crippen LogP) is 1.08. The molecule has 1 aliphatic rings. The summed E-state index contributed by atoms with van der Waals surface area (Å²) in [6.07, 6.45) is 6.38. The Kier molecular flexibility index (Phi) is 5.33. The number of piperidine rings is 1. The van der Waals surface area contributed by atoms with E-state index in [-0.39, 0.29) is 11.9 Å². The number of likely N-dealkylation sites (tertiary alicyclic amines) is 1. The summed E-state index contributed by atoms with van der Waals surface area (Å²) in [7, 11) is 0. The van der Waals surface area contributed by atoms with Crippen molar-refractivity contribution in [1.29, 1.82) is 0 Å². The molecule has 1 saturated heterocycles. The van der Waals surface area contributed by atoms with Crippen LogP contribution in [0.1, 0.15) is 25.7 Å². The van der Waals surface area contributed by atoms with Crippen LogP contribution in [0, 0.1) is 0 Å². The number of nitrogens with zero attached hydrogens (tertiary/aromatic N) is 1. The largest absolute Gasteiger partial charge is 0.341 e. The second-order valence-corrected chi connectivity index (χ2v) is 4.76. The van der Waals surface area contributed by atoms with Gasteiger partial charge in [0, 0.05) is 13.1 Å². The normalized spacial score (nSPS) is 19.4. The molecule has 0 aromatic heterocycles. The lowest BCUT2D eigenvalue weighted by atomic mass is 10.1. The van der Waals surface area contributed by atoms with Gasteiger partial charge in [-0.15, -0.1) is 0 Å². The number of nitrogens with two attached hydrogens (primary N) is 1. The van der Waals surface area contributed by atoms with Gasteiger partial charge in [-0.25, -0.2) is 0 Å². The Labute approximate surface area is 90.4 Å². The maximum Gasteiger partial charge on any atom is 0.239 e. The first-order chi connectivity index (χ1) is 6.75. The fraction of sp³-hybridized carbons (Fsp3) is 0.900. The van der Waals surface area contributed by atoms with Gasteiger partial charge in [-0.05, 0) is 37.7 Å². The highest BCUT2D eigenvalue weighted by Crippen LogP contribution is 2.11. The van der Waals surface area contributed by atoms with Gasteiger partial charge in [0.05, 0.1) is 6.04 Å². The molecule has 1 heterocycles. The lowest BCUT2D eigenvalue weighted by Gasteiger charge is -2.29. The molecule has 0 aromatic carbocycles. The quantitative estimate of drug-likeness (QED) is 0.765. The van der Waals surface area contributed by atoms with E-state index >= 15 is 0 Å². The standard InChI is InChI=1S/C10H20N2OS/c1-14-8-5-9(11)10(13)12-6-3-2-4-7-12/h9H,2-8,11H2,1H3/t9-/m1/s1. The van der Waals surface area contributed by atoms with Gasteiger partial charge in [-0.3, -0.25) is 4.79 Å². The summed E-state index contributed by atoms with van der Waals surface area (Å²) >= 11 is 1.74. The summed E-state index contributed by atoms with van der Waals surface area (Å²) < 4.78 is 0.